The van der Waals surface area contributed by atoms with Crippen LogP contribution in [0.25, 0.3) is 11.3 Å². The lowest BCUT2D eigenvalue weighted by Gasteiger charge is -2.32. The van der Waals surface area contributed by atoms with E-state index in [1.165, 1.54) is 4.31 Å². The number of rotatable bonds is 9. The number of nitrogens with zero attached hydrogens (tertiary/aromatic N) is 2. The van der Waals surface area contributed by atoms with Crippen molar-refractivity contribution >= 4 is 27.7 Å². The molecule has 2 atom stereocenters. The number of piperidine rings is 1. The lowest BCUT2D eigenvalue weighted by atomic mass is 9.95. The summed E-state index contributed by atoms with van der Waals surface area (Å²) in [5, 5.41) is 12.6. The molecule has 1 aromatic heterocycles. The minimum absolute atomic E-state index is 0.112. The van der Waals surface area contributed by atoms with Crippen molar-refractivity contribution in [3.05, 3.63) is 66.7 Å². The van der Waals surface area contributed by atoms with Crippen LogP contribution in [0.3, 0.4) is 0 Å². The molecule has 2 unspecified atom stereocenters. The molecule has 4 rings (SSSR count). The largest absolute Gasteiger partial charge is 0.344 e. The Morgan fingerprint density at radius 1 is 1.11 bits per heavy atom. The van der Waals surface area contributed by atoms with Crippen molar-refractivity contribution in [2.75, 3.05) is 18.4 Å². The molecule has 2 heterocycles. The highest BCUT2D eigenvalue weighted by Crippen LogP contribution is 2.25. The molecule has 1 aliphatic heterocycles. The topological polar surface area (TPSA) is 124 Å². The third-order valence-corrected chi connectivity index (χ3v) is 8.18. The summed E-state index contributed by atoms with van der Waals surface area (Å²) in [4.78, 5) is 25.8. The molecule has 9 nitrogen and oxygen atoms in total. The number of carbonyl (C=O) groups is 2. The summed E-state index contributed by atoms with van der Waals surface area (Å²) in [5.74, 6) is -0.277. The summed E-state index contributed by atoms with van der Waals surface area (Å²) in [6.45, 7) is 2.54. The van der Waals surface area contributed by atoms with E-state index in [9.17, 15) is 18.0 Å². The molecule has 3 aromatic rings. The van der Waals surface area contributed by atoms with Gasteiger partial charge in [-0.15, -0.1) is 0 Å². The van der Waals surface area contributed by atoms with Crippen LogP contribution in [0.1, 0.15) is 32.6 Å². The van der Waals surface area contributed by atoms with Crippen LogP contribution in [0.15, 0.2) is 71.6 Å². The van der Waals surface area contributed by atoms with Gasteiger partial charge in [-0.05, 0) is 37.3 Å². The second-order valence-electron chi connectivity index (χ2n) is 8.94. The maximum atomic E-state index is 13.0. The van der Waals surface area contributed by atoms with E-state index in [-0.39, 0.29) is 35.6 Å². The summed E-state index contributed by atoms with van der Waals surface area (Å²) in [6, 6.07) is 18.9. The molecule has 1 aliphatic rings. The summed E-state index contributed by atoms with van der Waals surface area (Å²) < 4.78 is 27.4. The van der Waals surface area contributed by atoms with E-state index in [1.54, 1.807) is 36.4 Å². The summed E-state index contributed by atoms with van der Waals surface area (Å²) in [5.41, 5.74) is 1.63. The van der Waals surface area contributed by atoms with E-state index in [4.69, 9.17) is 0 Å². The molecule has 3 N–H and O–H groups in total. The van der Waals surface area contributed by atoms with Gasteiger partial charge in [0.25, 0.3) is 0 Å². The fourth-order valence-corrected chi connectivity index (χ4v) is 5.96. The number of carbonyl (C=O) groups excluding carboxylic acids is 2. The van der Waals surface area contributed by atoms with Gasteiger partial charge in [-0.3, -0.25) is 14.7 Å². The molecule has 1 fully saturated rings. The van der Waals surface area contributed by atoms with Crippen LogP contribution in [-0.4, -0.2) is 53.9 Å². The molecular weight excluding hydrogens is 478 g/mol. The monoisotopic (exact) mass is 509 g/mol. The molecule has 0 radical (unpaired) electrons. The summed E-state index contributed by atoms with van der Waals surface area (Å²) >= 11 is 0. The Bertz CT molecular complexity index is 1280. The number of aromatic nitrogens is 2. The summed E-state index contributed by atoms with van der Waals surface area (Å²) in [6.07, 6.45) is 2.02. The minimum atomic E-state index is -3.60. The number of benzene rings is 2. The standard InChI is InChI=1S/C26H31N5O4S/c1-2-22(26(33)28-24-17-23(29-30-24)20-11-5-3-6-12-20)27-25(32)16-19-10-9-15-31(18-19)36(34,35)21-13-7-4-8-14-21/h3-8,11-14,17,19,22H,2,9-10,15-16,18H2,1H3,(H,27,32)(H2,28,29,30,33). The van der Waals surface area contributed by atoms with Gasteiger partial charge in [0.05, 0.1) is 10.6 Å². The molecule has 10 heteroatoms. The molecule has 0 saturated carbocycles. The highest BCUT2D eigenvalue weighted by molar-refractivity contribution is 7.89. The first-order valence-corrected chi connectivity index (χ1v) is 13.6. The molecule has 0 aliphatic carbocycles. The van der Waals surface area contributed by atoms with E-state index in [1.807, 2.05) is 37.3 Å². The lowest BCUT2D eigenvalue weighted by molar-refractivity contribution is -0.127. The van der Waals surface area contributed by atoms with E-state index >= 15 is 0 Å². The smallest absolute Gasteiger partial charge is 0.248 e. The maximum absolute atomic E-state index is 13.0. The number of aromatic amines is 1. The lowest BCUT2D eigenvalue weighted by Crippen LogP contribution is -2.45. The third-order valence-electron chi connectivity index (χ3n) is 6.30. The molecule has 190 valence electrons. The average Bonchev–Trinajstić information content (AvgIpc) is 3.37. The SMILES string of the molecule is CCC(NC(=O)CC1CCCN(S(=O)(=O)c2ccccc2)C1)C(=O)Nc1cc(-c2ccccc2)n[nH]1. The van der Waals surface area contributed by atoms with Crippen LogP contribution in [0.4, 0.5) is 5.82 Å². The number of anilines is 1. The molecule has 1 saturated heterocycles. The highest BCUT2D eigenvalue weighted by atomic mass is 32.2. The second-order valence-corrected chi connectivity index (χ2v) is 10.9. The third kappa shape index (κ3) is 6.19. The first-order valence-electron chi connectivity index (χ1n) is 12.1. The number of hydrogen-bond acceptors (Lipinski definition) is 5. The van der Waals surface area contributed by atoms with Crippen LogP contribution in [0.5, 0.6) is 0 Å². The zero-order chi connectivity index (χ0) is 25.5. The first-order chi connectivity index (χ1) is 17.4. The van der Waals surface area contributed by atoms with Crippen LogP contribution in [0, 0.1) is 5.92 Å². The number of amides is 2. The van der Waals surface area contributed by atoms with Crippen molar-refractivity contribution in [2.24, 2.45) is 5.92 Å². The van der Waals surface area contributed by atoms with Gasteiger partial charge >= 0.3 is 0 Å². The zero-order valence-corrected chi connectivity index (χ0v) is 21.0. The molecule has 0 spiro atoms. The van der Waals surface area contributed by atoms with Crippen LogP contribution >= 0.6 is 0 Å². The highest BCUT2D eigenvalue weighted by Gasteiger charge is 2.31. The minimum Gasteiger partial charge on any atom is -0.344 e. The second kappa shape index (κ2) is 11.5. The Labute approximate surface area is 211 Å². The summed E-state index contributed by atoms with van der Waals surface area (Å²) in [7, 11) is -3.60. The van der Waals surface area contributed by atoms with Crippen molar-refractivity contribution in [1.82, 2.24) is 19.8 Å². The van der Waals surface area contributed by atoms with Crippen LogP contribution < -0.4 is 10.6 Å². The van der Waals surface area contributed by atoms with Gasteiger partial charge in [0.15, 0.2) is 0 Å². The Morgan fingerprint density at radius 2 is 1.81 bits per heavy atom. The fraction of sp³-hybridized carbons (Fsp3) is 0.346. The van der Waals surface area contributed by atoms with Gasteiger partial charge < -0.3 is 10.6 Å². The molecular formula is C26H31N5O4S. The molecule has 2 aromatic carbocycles. The van der Waals surface area contributed by atoms with E-state index in [0.717, 1.165) is 12.0 Å². The number of H-pyrrole nitrogens is 1. The van der Waals surface area contributed by atoms with Crippen molar-refractivity contribution < 1.29 is 18.0 Å². The van der Waals surface area contributed by atoms with Crippen molar-refractivity contribution in [3.63, 3.8) is 0 Å². The Balaban J connectivity index is 1.32. The maximum Gasteiger partial charge on any atom is 0.248 e. The average molecular weight is 510 g/mol. The van der Waals surface area contributed by atoms with Crippen molar-refractivity contribution in [3.8, 4) is 11.3 Å². The fourth-order valence-electron chi connectivity index (χ4n) is 4.38. The zero-order valence-electron chi connectivity index (χ0n) is 20.2. The van der Waals surface area contributed by atoms with E-state index in [2.05, 4.69) is 20.8 Å². The van der Waals surface area contributed by atoms with Crippen molar-refractivity contribution in [1.29, 1.82) is 0 Å². The Hall–Kier alpha value is -3.50. The predicted molar refractivity (Wildman–Crippen MR) is 137 cm³/mol. The van der Waals surface area contributed by atoms with Gasteiger partial charge in [0.1, 0.15) is 11.9 Å². The van der Waals surface area contributed by atoms with Gasteiger partial charge in [-0.25, -0.2) is 8.42 Å². The normalized spacial score (nSPS) is 17.3. The quantitative estimate of drug-likeness (QED) is 0.408. The number of nitrogens with one attached hydrogen (secondary N) is 3. The van der Waals surface area contributed by atoms with E-state index in [0.29, 0.717) is 30.9 Å². The van der Waals surface area contributed by atoms with Crippen LogP contribution in [0.2, 0.25) is 0 Å². The Morgan fingerprint density at radius 3 is 2.50 bits per heavy atom. The molecule has 0 bridgehead atoms. The van der Waals surface area contributed by atoms with Gasteiger partial charge in [0, 0.05) is 31.1 Å². The molecule has 2 amide bonds. The number of sulfonamides is 1. The van der Waals surface area contributed by atoms with Crippen molar-refractivity contribution in [2.45, 2.75) is 43.5 Å². The van der Waals surface area contributed by atoms with E-state index < -0.39 is 16.1 Å². The van der Waals surface area contributed by atoms with Crippen LogP contribution in [-0.2, 0) is 19.6 Å². The van der Waals surface area contributed by atoms with Gasteiger partial charge in [-0.2, -0.15) is 9.40 Å². The first kappa shape index (κ1) is 25.6. The number of hydrogen-bond donors (Lipinski definition) is 3. The van der Waals surface area contributed by atoms with Gasteiger partial charge in [0.2, 0.25) is 21.8 Å². The predicted octanol–water partition coefficient (Wildman–Crippen LogP) is 3.40. The Kier molecular flexibility index (Phi) is 8.17. The molecule has 36 heavy (non-hydrogen) atoms. The van der Waals surface area contributed by atoms with Gasteiger partial charge in [-0.1, -0.05) is 55.5 Å².